The van der Waals surface area contributed by atoms with Crippen molar-refractivity contribution in [3.8, 4) is 11.5 Å². The highest BCUT2D eigenvalue weighted by Crippen LogP contribution is 2.25. The largest absolute Gasteiger partial charge is 0.507 e. The minimum atomic E-state index is -0.833. The van der Waals surface area contributed by atoms with Crippen molar-refractivity contribution in [2.75, 3.05) is 6.54 Å². The standard InChI is InChI=1S/C14H19NO5/c1-9(5-6-12(18)19)7-8-15-14(20)13-10(16)3-2-4-11(13)17/h2-4,9,16-17H,5-8H2,1H3,(H,15,20)(H,18,19). The molecule has 1 unspecified atom stereocenters. The van der Waals surface area contributed by atoms with Crippen molar-refractivity contribution < 1.29 is 24.9 Å². The molecular weight excluding hydrogens is 262 g/mol. The third-order valence-corrected chi connectivity index (χ3v) is 3.02. The summed E-state index contributed by atoms with van der Waals surface area (Å²) in [5.41, 5.74) is -0.148. The summed E-state index contributed by atoms with van der Waals surface area (Å²) in [7, 11) is 0. The molecule has 6 nitrogen and oxygen atoms in total. The first-order chi connectivity index (χ1) is 9.41. The summed E-state index contributed by atoms with van der Waals surface area (Å²) < 4.78 is 0. The summed E-state index contributed by atoms with van der Waals surface area (Å²) in [6.45, 7) is 2.26. The van der Waals surface area contributed by atoms with E-state index in [2.05, 4.69) is 5.32 Å². The second kappa shape index (κ2) is 7.37. The predicted molar refractivity (Wildman–Crippen MR) is 72.8 cm³/mol. The third kappa shape index (κ3) is 4.79. The van der Waals surface area contributed by atoms with Gasteiger partial charge in [-0.1, -0.05) is 13.0 Å². The van der Waals surface area contributed by atoms with Crippen LogP contribution in [0.4, 0.5) is 0 Å². The van der Waals surface area contributed by atoms with Gasteiger partial charge in [-0.05, 0) is 30.9 Å². The monoisotopic (exact) mass is 281 g/mol. The third-order valence-electron chi connectivity index (χ3n) is 3.02. The van der Waals surface area contributed by atoms with Crippen LogP contribution in [0.1, 0.15) is 36.5 Å². The van der Waals surface area contributed by atoms with E-state index in [0.29, 0.717) is 19.4 Å². The van der Waals surface area contributed by atoms with Gasteiger partial charge in [-0.2, -0.15) is 0 Å². The zero-order valence-electron chi connectivity index (χ0n) is 11.3. The number of carboxylic acids is 1. The van der Waals surface area contributed by atoms with Crippen LogP contribution in [-0.2, 0) is 4.79 Å². The molecule has 0 aliphatic carbocycles. The van der Waals surface area contributed by atoms with Gasteiger partial charge in [0, 0.05) is 13.0 Å². The predicted octanol–water partition coefficient (Wildman–Crippen LogP) is 1.72. The van der Waals surface area contributed by atoms with E-state index in [-0.39, 0.29) is 29.4 Å². The summed E-state index contributed by atoms with van der Waals surface area (Å²) in [5, 5.41) is 30.2. The molecule has 1 amide bonds. The van der Waals surface area contributed by atoms with Crippen LogP contribution in [0, 0.1) is 5.92 Å². The highest BCUT2D eigenvalue weighted by molar-refractivity contribution is 5.99. The molecule has 20 heavy (non-hydrogen) atoms. The van der Waals surface area contributed by atoms with E-state index in [4.69, 9.17) is 5.11 Å². The first-order valence-corrected chi connectivity index (χ1v) is 6.42. The van der Waals surface area contributed by atoms with Gasteiger partial charge in [0.2, 0.25) is 0 Å². The maximum atomic E-state index is 11.8. The van der Waals surface area contributed by atoms with Crippen molar-refractivity contribution in [1.29, 1.82) is 0 Å². The van der Waals surface area contributed by atoms with E-state index < -0.39 is 11.9 Å². The SMILES string of the molecule is CC(CCNC(=O)c1c(O)cccc1O)CCC(=O)O. The lowest BCUT2D eigenvalue weighted by Crippen LogP contribution is -2.25. The molecule has 0 fully saturated rings. The molecule has 0 spiro atoms. The molecule has 0 aliphatic rings. The highest BCUT2D eigenvalue weighted by Gasteiger charge is 2.15. The normalized spacial score (nSPS) is 11.8. The van der Waals surface area contributed by atoms with Crippen molar-refractivity contribution in [2.45, 2.75) is 26.2 Å². The van der Waals surface area contributed by atoms with Gasteiger partial charge < -0.3 is 20.6 Å². The van der Waals surface area contributed by atoms with E-state index in [1.807, 2.05) is 6.92 Å². The fourth-order valence-electron chi connectivity index (χ4n) is 1.80. The second-order valence-corrected chi connectivity index (χ2v) is 4.75. The molecule has 0 bridgehead atoms. The van der Waals surface area contributed by atoms with Crippen molar-refractivity contribution in [3.05, 3.63) is 23.8 Å². The summed E-state index contributed by atoms with van der Waals surface area (Å²) >= 11 is 0. The van der Waals surface area contributed by atoms with Crippen LogP contribution in [-0.4, -0.2) is 33.7 Å². The van der Waals surface area contributed by atoms with Crippen LogP contribution < -0.4 is 5.32 Å². The lowest BCUT2D eigenvalue weighted by molar-refractivity contribution is -0.137. The second-order valence-electron chi connectivity index (χ2n) is 4.75. The number of aliphatic carboxylic acids is 1. The zero-order valence-corrected chi connectivity index (χ0v) is 11.3. The number of carboxylic acid groups (broad SMARTS) is 1. The molecule has 0 radical (unpaired) electrons. The smallest absolute Gasteiger partial charge is 0.303 e. The van der Waals surface area contributed by atoms with Crippen molar-refractivity contribution >= 4 is 11.9 Å². The zero-order chi connectivity index (χ0) is 15.1. The number of nitrogens with one attached hydrogen (secondary N) is 1. The molecule has 0 aliphatic heterocycles. The minimum absolute atomic E-state index is 0.107. The Morgan fingerprint density at radius 3 is 2.35 bits per heavy atom. The van der Waals surface area contributed by atoms with Gasteiger partial charge >= 0.3 is 5.97 Å². The number of aromatic hydroxyl groups is 2. The van der Waals surface area contributed by atoms with E-state index in [0.717, 1.165) is 0 Å². The summed E-state index contributed by atoms with van der Waals surface area (Å²) in [6, 6.07) is 4.09. The molecule has 1 rings (SSSR count). The first-order valence-electron chi connectivity index (χ1n) is 6.42. The Labute approximate surface area is 117 Å². The average Bonchev–Trinajstić information content (AvgIpc) is 2.36. The van der Waals surface area contributed by atoms with Gasteiger partial charge in [-0.15, -0.1) is 0 Å². The van der Waals surface area contributed by atoms with Crippen LogP contribution in [0.2, 0.25) is 0 Å². The Kier molecular flexibility index (Phi) is 5.83. The number of carbonyl (C=O) groups excluding carboxylic acids is 1. The molecule has 1 aromatic carbocycles. The number of amides is 1. The van der Waals surface area contributed by atoms with Crippen LogP contribution in [0.15, 0.2) is 18.2 Å². The molecular formula is C14H19NO5. The Bertz CT molecular complexity index is 466. The number of carbonyl (C=O) groups is 2. The lowest BCUT2D eigenvalue weighted by Gasteiger charge is -2.12. The van der Waals surface area contributed by atoms with Crippen LogP contribution in [0.3, 0.4) is 0 Å². The average molecular weight is 281 g/mol. The molecule has 0 heterocycles. The summed E-state index contributed by atoms with van der Waals surface area (Å²) in [5.74, 6) is -1.77. The van der Waals surface area contributed by atoms with Gasteiger partial charge in [0.25, 0.3) is 5.91 Å². The number of hydrogen-bond donors (Lipinski definition) is 4. The fourth-order valence-corrected chi connectivity index (χ4v) is 1.80. The molecule has 110 valence electrons. The summed E-state index contributed by atoms with van der Waals surface area (Å²) in [6.07, 6.45) is 1.29. The van der Waals surface area contributed by atoms with Gasteiger partial charge in [0.05, 0.1) is 0 Å². The van der Waals surface area contributed by atoms with Gasteiger partial charge in [-0.25, -0.2) is 0 Å². The minimum Gasteiger partial charge on any atom is -0.507 e. The maximum absolute atomic E-state index is 11.8. The Morgan fingerprint density at radius 1 is 1.20 bits per heavy atom. The summed E-state index contributed by atoms with van der Waals surface area (Å²) in [4.78, 5) is 22.2. The first kappa shape index (κ1) is 15.8. The number of phenols is 2. The number of benzene rings is 1. The van der Waals surface area contributed by atoms with E-state index in [1.54, 1.807) is 0 Å². The number of hydrogen-bond acceptors (Lipinski definition) is 4. The molecule has 1 atom stereocenters. The van der Waals surface area contributed by atoms with Crippen molar-refractivity contribution in [2.24, 2.45) is 5.92 Å². The molecule has 0 aromatic heterocycles. The quantitative estimate of drug-likeness (QED) is 0.608. The topological polar surface area (TPSA) is 107 Å². The van der Waals surface area contributed by atoms with Crippen LogP contribution >= 0.6 is 0 Å². The Hall–Kier alpha value is -2.24. The Morgan fingerprint density at radius 2 is 1.80 bits per heavy atom. The van der Waals surface area contributed by atoms with E-state index in [9.17, 15) is 19.8 Å². The van der Waals surface area contributed by atoms with Crippen molar-refractivity contribution in [3.63, 3.8) is 0 Å². The van der Waals surface area contributed by atoms with Gasteiger partial charge in [0.1, 0.15) is 17.1 Å². The fraction of sp³-hybridized carbons (Fsp3) is 0.429. The maximum Gasteiger partial charge on any atom is 0.303 e. The number of phenolic OH excluding ortho intramolecular Hbond substituents is 2. The van der Waals surface area contributed by atoms with Gasteiger partial charge in [0.15, 0.2) is 0 Å². The lowest BCUT2D eigenvalue weighted by atomic mass is 10.0. The highest BCUT2D eigenvalue weighted by atomic mass is 16.4. The molecule has 4 N–H and O–H groups in total. The molecule has 6 heteroatoms. The molecule has 1 aromatic rings. The molecule has 0 saturated heterocycles. The number of rotatable bonds is 7. The molecule has 0 saturated carbocycles. The van der Waals surface area contributed by atoms with Crippen molar-refractivity contribution in [1.82, 2.24) is 5.32 Å². The van der Waals surface area contributed by atoms with E-state index in [1.165, 1.54) is 18.2 Å². The van der Waals surface area contributed by atoms with Crippen LogP contribution in [0.25, 0.3) is 0 Å². The van der Waals surface area contributed by atoms with Gasteiger partial charge in [-0.3, -0.25) is 9.59 Å². The van der Waals surface area contributed by atoms with Crippen LogP contribution in [0.5, 0.6) is 11.5 Å². The van der Waals surface area contributed by atoms with E-state index >= 15 is 0 Å². The Balaban J connectivity index is 2.42.